The van der Waals surface area contributed by atoms with E-state index in [1.54, 1.807) is 31.2 Å². The lowest BCUT2D eigenvalue weighted by Crippen LogP contribution is -2.03. The number of hydrogen-bond acceptors (Lipinski definition) is 2. The molecule has 20 heavy (non-hydrogen) atoms. The van der Waals surface area contributed by atoms with E-state index < -0.39 is 12.1 Å². The highest BCUT2D eigenvalue weighted by molar-refractivity contribution is 5.95. The van der Waals surface area contributed by atoms with Gasteiger partial charge in [-0.25, -0.2) is 4.79 Å². The standard InChI is InChI=1S/C14H12F3NO2/c1-2-20-13(19)9-3-4-12-10(7-9)8-11(18-12)5-6-14(15,16)17/h3-8,18H,2H2,1H3/b6-5+. The predicted octanol–water partition coefficient (Wildman–Crippen LogP) is 3.92. The fourth-order valence-electron chi connectivity index (χ4n) is 1.77. The van der Waals surface area contributed by atoms with Gasteiger partial charge in [0.05, 0.1) is 12.2 Å². The van der Waals surface area contributed by atoms with Crippen LogP contribution >= 0.6 is 0 Å². The second-order valence-corrected chi connectivity index (χ2v) is 4.12. The molecule has 0 amide bonds. The van der Waals surface area contributed by atoms with Crippen molar-refractivity contribution in [1.82, 2.24) is 4.98 Å². The van der Waals surface area contributed by atoms with Crippen molar-refractivity contribution in [3.63, 3.8) is 0 Å². The smallest absolute Gasteiger partial charge is 0.409 e. The van der Waals surface area contributed by atoms with Gasteiger partial charge in [0.1, 0.15) is 0 Å². The molecule has 6 heteroatoms. The molecule has 0 radical (unpaired) electrons. The molecule has 2 rings (SSSR count). The van der Waals surface area contributed by atoms with Crippen molar-refractivity contribution >= 4 is 22.9 Å². The van der Waals surface area contributed by atoms with Crippen LogP contribution in [0.25, 0.3) is 17.0 Å². The number of hydrogen-bond donors (Lipinski definition) is 1. The van der Waals surface area contributed by atoms with Gasteiger partial charge in [0.15, 0.2) is 0 Å². The fraction of sp³-hybridized carbons (Fsp3) is 0.214. The number of rotatable bonds is 3. The minimum Gasteiger partial charge on any atom is -0.462 e. The van der Waals surface area contributed by atoms with Gasteiger partial charge in [-0.3, -0.25) is 0 Å². The number of aromatic amines is 1. The van der Waals surface area contributed by atoms with Crippen molar-refractivity contribution in [2.45, 2.75) is 13.1 Å². The van der Waals surface area contributed by atoms with Gasteiger partial charge in [0.2, 0.25) is 0 Å². The van der Waals surface area contributed by atoms with Crippen molar-refractivity contribution < 1.29 is 22.7 Å². The van der Waals surface area contributed by atoms with E-state index in [1.165, 1.54) is 0 Å². The summed E-state index contributed by atoms with van der Waals surface area (Å²) in [6, 6.07) is 6.32. The predicted molar refractivity (Wildman–Crippen MR) is 69.3 cm³/mol. The van der Waals surface area contributed by atoms with Crippen molar-refractivity contribution in [3.8, 4) is 0 Å². The Bertz CT molecular complexity index is 656. The molecular formula is C14H12F3NO2. The van der Waals surface area contributed by atoms with Gasteiger partial charge in [-0.15, -0.1) is 0 Å². The quantitative estimate of drug-likeness (QED) is 0.867. The third kappa shape index (κ3) is 3.40. The summed E-state index contributed by atoms with van der Waals surface area (Å²) >= 11 is 0. The lowest BCUT2D eigenvalue weighted by molar-refractivity contribution is -0.0790. The van der Waals surface area contributed by atoms with Crippen molar-refractivity contribution in [3.05, 3.63) is 41.6 Å². The molecule has 1 N–H and O–H groups in total. The molecule has 0 bridgehead atoms. The molecule has 0 spiro atoms. The first-order valence-electron chi connectivity index (χ1n) is 5.95. The van der Waals surface area contributed by atoms with Crippen molar-refractivity contribution in [2.24, 2.45) is 0 Å². The summed E-state index contributed by atoms with van der Waals surface area (Å²) in [6.45, 7) is 1.97. The highest BCUT2D eigenvalue weighted by Gasteiger charge is 2.21. The van der Waals surface area contributed by atoms with Gasteiger partial charge >= 0.3 is 12.1 Å². The molecule has 0 fully saturated rings. The van der Waals surface area contributed by atoms with E-state index in [0.29, 0.717) is 22.2 Å². The minimum atomic E-state index is -4.35. The molecule has 0 aliphatic carbocycles. The number of allylic oxidation sites excluding steroid dienone is 1. The topological polar surface area (TPSA) is 42.1 Å². The highest BCUT2D eigenvalue weighted by Crippen LogP contribution is 2.21. The summed E-state index contributed by atoms with van der Waals surface area (Å²) in [7, 11) is 0. The molecule has 1 heterocycles. The molecule has 0 atom stereocenters. The Hall–Kier alpha value is -2.24. The van der Waals surface area contributed by atoms with Crippen LogP contribution in [-0.2, 0) is 4.74 Å². The molecule has 0 aliphatic heterocycles. The van der Waals surface area contributed by atoms with Crippen LogP contribution in [0.4, 0.5) is 13.2 Å². The molecule has 3 nitrogen and oxygen atoms in total. The van der Waals surface area contributed by atoms with E-state index in [0.717, 1.165) is 6.08 Å². The van der Waals surface area contributed by atoms with E-state index in [-0.39, 0.29) is 12.7 Å². The van der Waals surface area contributed by atoms with E-state index >= 15 is 0 Å². The maximum absolute atomic E-state index is 12.1. The monoisotopic (exact) mass is 283 g/mol. The molecule has 1 aromatic carbocycles. The second kappa shape index (κ2) is 5.40. The zero-order chi connectivity index (χ0) is 14.8. The number of H-pyrrole nitrogens is 1. The van der Waals surface area contributed by atoms with Crippen LogP contribution in [0, 0.1) is 0 Å². The summed E-state index contributed by atoms with van der Waals surface area (Å²) in [6.07, 6.45) is -3.25. The largest absolute Gasteiger partial charge is 0.462 e. The Morgan fingerprint density at radius 2 is 2.10 bits per heavy atom. The Morgan fingerprint density at radius 1 is 1.35 bits per heavy atom. The number of benzene rings is 1. The Kier molecular flexibility index (Phi) is 3.83. The third-order valence-electron chi connectivity index (χ3n) is 2.60. The minimum absolute atomic E-state index is 0.157. The van der Waals surface area contributed by atoms with E-state index in [4.69, 9.17) is 4.74 Å². The molecule has 0 unspecified atom stereocenters. The number of aromatic nitrogens is 1. The molecule has 106 valence electrons. The number of esters is 1. The Morgan fingerprint density at radius 3 is 2.75 bits per heavy atom. The molecule has 1 aromatic heterocycles. The van der Waals surface area contributed by atoms with Crippen molar-refractivity contribution in [2.75, 3.05) is 6.61 Å². The van der Waals surface area contributed by atoms with Gasteiger partial charge in [0, 0.05) is 22.7 Å². The summed E-state index contributed by atoms with van der Waals surface area (Å²) in [5, 5.41) is 0.650. The summed E-state index contributed by atoms with van der Waals surface area (Å²) in [5.41, 5.74) is 1.34. The van der Waals surface area contributed by atoms with Gasteiger partial charge < -0.3 is 9.72 Å². The zero-order valence-corrected chi connectivity index (χ0v) is 10.6. The average molecular weight is 283 g/mol. The number of halogens is 3. The van der Waals surface area contributed by atoms with Crippen LogP contribution in [0.1, 0.15) is 23.0 Å². The second-order valence-electron chi connectivity index (χ2n) is 4.12. The number of fused-ring (bicyclic) bond motifs is 1. The number of ether oxygens (including phenoxy) is 1. The lowest BCUT2D eigenvalue weighted by Gasteiger charge is -2.00. The van der Waals surface area contributed by atoms with E-state index in [9.17, 15) is 18.0 Å². The molecule has 2 aromatic rings. The third-order valence-corrected chi connectivity index (χ3v) is 2.60. The van der Waals surface area contributed by atoms with Gasteiger partial charge in [-0.05, 0) is 37.3 Å². The van der Waals surface area contributed by atoms with Crippen LogP contribution in [0.15, 0.2) is 30.3 Å². The maximum Gasteiger partial charge on any atom is 0.409 e. The Balaban J connectivity index is 2.30. The molecular weight excluding hydrogens is 271 g/mol. The number of carbonyl (C=O) groups is 1. The van der Waals surface area contributed by atoms with Crippen LogP contribution in [0.3, 0.4) is 0 Å². The van der Waals surface area contributed by atoms with Crippen LogP contribution in [0.5, 0.6) is 0 Å². The van der Waals surface area contributed by atoms with Crippen molar-refractivity contribution in [1.29, 1.82) is 0 Å². The zero-order valence-electron chi connectivity index (χ0n) is 10.6. The SMILES string of the molecule is CCOC(=O)c1ccc2[nH]c(/C=C/C(F)(F)F)cc2c1. The maximum atomic E-state index is 12.1. The Labute approximate surface area is 113 Å². The normalized spacial score (nSPS) is 12.2. The van der Waals surface area contributed by atoms with E-state index in [2.05, 4.69) is 4.98 Å². The lowest BCUT2D eigenvalue weighted by atomic mass is 10.1. The van der Waals surface area contributed by atoms with E-state index in [1.807, 2.05) is 0 Å². The van der Waals surface area contributed by atoms with Gasteiger partial charge in [-0.1, -0.05) is 0 Å². The van der Waals surface area contributed by atoms with Crippen LogP contribution < -0.4 is 0 Å². The molecule has 0 saturated heterocycles. The number of alkyl halides is 3. The fourth-order valence-corrected chi connectivity index (χ4v) is 1.77. The van der Waals surface area contributed by atoms with Crippen LogP contribution in [0.2, 0.25) is 0 Å². The molecule has 0 aliphatic rings. The summed E-state index contributed by atoms with van der Waals surface area (Å²) < 4.78 is 41.1. The number of nitrogens with one attached hydrogen (secondary N) is 1. The summed E-state index contributed by atoms with van der Waals surface area (Å²) in [5.74, 6) is -0.456. The average Bonchev–Trinajstić information content (AvgIpc) is 2.77. The van der Waals surface area contributed by atoms with Gasteiger partial charge in [0.25, 0.3) is 0 Å². The van der Waals surface area contributed by atoms with Crippen LogP contribution in [-0.4, -0.2) is 23.7 Å². The van der Waals surface area contributed by atoms with Gasteiger partial charge in [-0.2, -0.15) is 13.2 Å². The summed E-state index contributed by atoms with van der Waals surface area (Å²) in [4.78, 5) is 14.4. The molecule has 0 saturated carbocycles. The highest BCUT2D eigenvalue weighted by atomic mass is 19.4. The first-order chi connectivity index (χ1) is 9.39. The first-order valence-corrected chi connectivity index (χ1v) is 5.95. The number of carbonyl (C=O) groups excluding carboxylic acids is 1. The first kappa shape index (κ1) is 14.2.